The fourth-order valence-electron chi connectivity index (χ4n) is 3.77. The van der Waals surface area contributed by atoms with Gasteiger partial charge in [-0.1, -0.05) is 42.5 Å². The smallest absolute Gasteiger partial charge is 0.193 e. The maximum absolute atomic E-state index is 5.55. The second-order valence-electron chi connectivity index (χ2n) is 7.95. The number of aliphatic imine (C=N–C) groups is 1. The van der Waals surface area contributed by atoms with E-state index in [1.165, 1.54) is 18.4 Å². The Hall–Kier alpha value is -1.85. The fourth-order valence-corrected chi connectivity index (χ4v) is 3.77. The van der Waals surface area contributed by atoms with Gasteiger partial charge in [-0.05, 0) is 37.2 Å². The van der Waals surface area contributed by atoms with E-state index in [0.29, 0.717) is 5.41 Å². The Morgan fingerprint density at radius 2 is 1.93 bits per heavy atom. The lowest BCUT2D eigenvalue weighted by atomic mass is 10.0. The first kappa shape index (κ1) is 20.9. The van der Waals surface area contributed by atoms with Crippen LogP contribution in [0.1, 0.15) is 31.7 Å². The molecule has 154 valence electrons. The van der Waals surface area contributed by atoms with Crippen molar-refractivity contribution in [3.8, 4) is 0 Å². The lowest BCUT2D eigenvalue weighted by molar-refractivity contribution is 0.128. The third kappa shape index (κ3) is 6.35. The Bertz CT molecular complexity index is 631. The number of ether oxygens (including phenoxy) is 1. The molecule has 1 N–H and O–H groups in total. The number of benzene rings is 1. The molecule has 0 atom stereocenters. The number of nitrogens with zero attached hydrogens (tertiary/aromatic N) is 3. The quantitative estimate of drug-likeness (QED) is 0.403. The number of nitrogens with one attached hydrogen (secondary N) is 1. The molecular formula is C23H36N4O. The highest BCUT2D eigenvalue weighted by Crippen LogP contribution is 2.48. The van der Waals surface area contributed by atoms with Gasteiger partial charge in [0.05, 0.1) is 0 Å². The third-order valence-electron chi connectivity index (χ3n) is 5.92. The molecule has 2 aliphatic rings. The first-order valence-corrected chi connectivity index (χ1v) is 10.7. The summed E-state index contributed by atoms with van der Waals surface area (Å²) in [7, 11) is 1.90. The summed E-state index contributed by atoms with van der Waals surface area (Å²) >= 11 is 0. The van der Waals surface area contributed by atoms with Crippen molar-refractivity contribution in [3.05, 3.63) is 42.0 Å². The van der Waals surface area contributed by atoms with Crippen LogP contribution in [0.25, 0.3) is 6.08 Å². The van der Waals surface area contributed by atoms with E-state index in [2.05, 4.69) is 69.5 Å². The molecule has 0 spiro atoms. The highest BCUT2D eigenvalue weighted by molar-refractivity contribution is 5.80. The van der Waals surface area contributed by atoms with Gasteiger partial charge in [-0.2, -0.15) is 0 Å². The van der Waals surface area contributed by atoms with Crippen molar-refractivity contribution in [1.82, 2.24) is 15.1 Å². The Morgan fingerprint density at radius 3 is 2.57 bits per heavy atom. The van der Waals surface area contributed by atoms with Crippen LogP contribution in [0, 0.1) is 5.41 Å². The number of hydrogen-bond donors (Lipinski definition) is 1. The lowest BCUT2D eigenvalue weighted by Crippen LogP contribution is -2.53. The summed E-state index contributed by atoms with van der Waals surface area (Å²) in [5.74, 6) is 1.06. The lowest BCUT2D eigenvalue weighted by Gasteiger charge is -2.36. The van der Waals surface area contributed by atoms with Crippen molar-refractivity contribution in [3.63, 3.8) is 0 Å². The third-order valence-corrected chi connectivity index (χ3v) is 5.92. The molecule has 0 unspecified atom stereocenters. The monoisotopic (exact) mass is 384 g/mol. The van der Waals surface area contributed by atoms with Gasteiger partial charge in [-0.3, -0.25) is 9.89 Å². The van der Waals surface area contributed by atoms with Crippen LogP contribution in [-0.2, 0) is 4.74 Å². The SMILES string of the molecule is CCOCCC1(CNC(=NC)N2CCN(C/C=C/c3ccccc3)CC2)CC1. The number of piperazine rings is 1. The first-order valence-electron chi connectivity index (χ1n) is 10.7. The molecule has 1 saturated carbocycles. The fraction of sp³-hybridized carbons (Fsp3) is 0.609. The average Bonchev–Trinajstić information content (AvgIpc) is 3.50. The molecular weight excluding hydrogens is 348 g/mol. The van der Waals surface area contributed by atoms with E-state index in [4.69, 9.17) is 4.74 Å². The normalized spacial score (nSPS) is 19.9. The van der Waals surface area contributed by atoms with Crippen LogP contribution in [0.3, 0.4) is 0 Å². The van der Waals surface area contributed by atoms with Gasteiger partial charge in [0.2, 0.25) is 0 Å². The predicted octanol–water partition coefficient (Wildman–Crippen LogP) is 3.10. The number of rotatable bonds is 9. The van der Waals surface area contributed by atoms with Gasteiger partial charge in [0.15, 0.2) is 5.96 Å². The van der Waals surface area contributed by atoms with E-state index in [9.17, 15) is 0 Å². The van der Waals surface area contributed by atoms with Gasteiger partial charge in [-0.25, -0.2) is 0 Å². The van der Waals surface area contributed by atoms with Crippen molar-refractivity contribution < 1.29 is 4.74 Å². The molecule has 1 saturated heterocycles. The Morgan fingerprint density at radius 1 is 1.18 bits per heavy atom. The van der Waals surface area contributed by atoms with Crippen molar-refractivity contribution in [2.75, 3.05) is 59.5 Å². The minimum Gasteiger partial charge on any atom is -0.382 e. The Balaban J connectivity index is 1.38. The maximum Gasteiger partial charge on any atom is 0.193 e. The van der Waals surface area contributed by atoms with Gasteiger partial charge < -0.3 is 15.0 Å². The average molecular weight is 385 g/mol. The minimum absolute atomic E-state index is 0.440. The van der Waals surface area contributed by atoms with Crippen molar-refractivity contribution in [2.45, 2.75) is 26.2 Å². The van der Waals surface area contributed by atoms with E-state index in [1.54, 1.807) is 0 Å². The van der Waals surface area contributed by atoms with Gasteiger partial charge in [0.1, 0.15) is 0 Å². The maximum atomic E-state index is 5.55. The van der Waals surface area contributed by atoms with Crippen LogP contribution in [0.2, 0.25) is 0 Å². The molecule has 1 heterocycles. The molecule has 3 rings (SSSR count). The van der Waals surface area contributed by atoms with Crippen molar-refractivity contribution >= 4 is 12.0 Å². The number of guanidine groups is 1. The highest BCUT2D eigenvalue weighted by atomic mass is 16.5. The zero-order chi connectivity index (χ0) is 19.7. The van der Waals surface area contributed by atoms with Gasteiger partial charge in [0, 0.05) is 59.5 Å². The molecule has 5 nitrogen and oxygen atoms in total. The Kier molecular flexibility index (Phi) is 7.92. The molecule has 1 aromatic rings. The summed E-state index contributed by atoms with van der Waals surface area (Å²) < 4.78 is 5.55. The molecule has 1 aromatic carbocycles. The van der Waals surface area contributed by atoms with Crippen LogP contribution in [0.4, 0.5) is 0 Å². The van der Waals surface area contributed by atoms with Gasteiger partial charge >= 0.3 is 0 Å². The molecule has 0 bridgehead atoms. The highest BCUT2D eigenvalue weighted by Gasteiger charge is 2.42. The summed E-state index contributed by atoms with van der Waals surface area (Å²) in [6.07, 6.45) is 8.26. The molecule has 0 aromatic heterocycles. The molecule has 0 radical (unpaired) electrons. The summed E-state index contributed by atoms with van der Waals surface area (Å²) in [6.45, 7) is 10.0. The van der Waals surface area contributed by atoms with E-state index in [-0.39, 0.29) is 0 Å². The number of hydrogen-bond acceptors (Lipinski definition) is 3. The summed E-state index contributed by atoms with van der Waals surface area (Å²) in [6, 6.07) is 10.5. The zero-order valence-corrected chi connectivity index (χ0v) is 17.6. The van der Waals surface area contributed by atoms with Crippen molar-refractivity contribution in [2.24, 2.45) is 10.4 Å². The standard InChI is InChI=1S/C23H36N4O/c1-3-28-19-13-23(11-12-23)20-25-22(24-2)27-17-15-26(16-18-27)14-7-10-21-8-5-4-6-9-21/h4-10H,3,11-20H2,1-2H3,(H,24,25)/b10-7+. The van der Waals surface area contributed by atoms with Crippen molar-refractivity contribution in [1.29, 1.82) is 0 Å². The first-order chi connectivity index (χ1) is 13.7. The minimum atomic E-state index is 0.440. The topological polar surface area (TPSA) is 40.1 Å². The van der Waals surface area contributed by atoms with Gasteiger partial charge in [0.25, 0.3) is 0 Å². The predicted molar refractivity (Wildman–Crippen MR) is 118 cm³/mol. The molecule has 1 aliphatic carbocycles. The molecule has 5 heteroatoms. The van der Waals surface area contributed by atoms with Crippen LogP contribution in [-0.4, -0.2) is 75.3 Å². The molecule has 28 heavy (non-hydrogen) atoms. The molecule has 0 amide bonds. The van der Waals surface area contributed by atoms with Crippen LogP contribution >= 0.6 is 0 Å². The Labute approximate surface area is 170 Å². The van der Waals surface area contributed by atoms with E-state index >= 15 is 0 Å². The zero-order valence-electron chi connectivity index (χ0n) is 17.6. The summed E-state index contributed by atoms with van der Waals surface area (Å²) in [4.78, 5) is 9.44. The van der Waals surface area contributed by atoms with E-state index in [0.717, 1.165) is 64.9 Å². The second-order valence-corrected chi connectivity index (χ2v) is 7.95. The molecule has 1 aliphatic heterocycles. The summed E-state index contributed by atoms with van der Waals surface area (Å²) in [5, 5.41) is 3.64. The molecule has 2 fully saturated rings. The van der Waals surface area contributed by atoms with Crippen LogP contribution in [0.5, 0.6) is 0 Å². The largest absolute Gasteiger partial charge is 0.382 e. The van der Waals surface area contributed by atoms with Gasteiger partial charge in [-0.15, -0.1) is 0 Å². The van der Waals surface area contributed by atoms with Crippen LogP contribution in [0.15, 0.2) is 41.4 Å². The second kappa shape index (κ2) is 10.6. The summed E-state index contributed by atoms with van der Waals surface area (Å²) in [5.41, 5.74) is 1.71. The van der Waals surface area contributed by atoms with Crippen LogP contribution < -0.4 is 5.32 Å². The van der Waals surface area contributed by atoms with E-state index in [1.807, 2.05) is 7.05 Å². The van der Waals surface area contributed by atoms with E-state index < -0.39 is 0 Å².